The highest BCUT2D eigenvalue weighted by atomic mass is 15.2. The van der Waals surface area contributed by atoms with Gasteiger partial charge in [0.1, 0.15) is 5.82 Å². The van der Waals surface area contributed by atoms with E-state index in [-0.39, 0.29) is 0 Å². The Kier molecular flexibility index (Phi) is 3.08. The lowest BCUT2D eigenvalue weighted by atomic mass is 10.2. The predicted octanol–water partition coefficient (Wildman–Crippen LogP) is 1.20. The summed E-state index contributed by atoms with van der Waals surface area (Å²) in [5, 5.41) is 13.8. The average molecular weight is 177 g/mol. The van der Waals surface area contributed by atoms with Crippen molar-refractivity contribution in [2.45, 2.75) is 13.8 Å². The van der Waals surface area contributed by atoms with E-state index in [1.54, 1.807) is 6.21 Å². The Morgan fingerprint density at radius 1 is 1.62 bits per heavy atom. The molecule has 1 N–H and O–H groups in total. The monoisotopic (exact) mass is 177 g/mol. The van der Waals surface area contributed by atoms with Crippen LogP contribution in [-0.4, -0.2) is 28.1 Å². The van der Waals surface area contributed by atoms with Gasteiger partial charge in [-0.15, -0.1) is 0 Å². The summed E-state index contributed by atoms with van der Waals surface area (Å²) >= 11 is 0. The molecule has 0 fully saturated rings. The van der Waals surface area contributed by atoms with E-state index in [9.17, 15) is 0 Å². The molecule has 1 rings (SSSR count). The van der Waals surface area contributed by atoms with Crippen molar-refractivity contribution in [2.75, 3.05) is 0 Å². The second-order valence-electron chi connectivity index (χ2n) is 2.37. The first kappa shape index (κ1) is 9.31. The molecule has 0 atom stereocenters. The molecule has 1 aromatic rings. The van der Waals surface area contributed by atoms with Crippen molar-refractivity contribution in [3.05, 3.63) is 17.7 Å². The maximum atomic E-state index is 4.15. The van der Waals surface area contributed by atoms with Gasteiger partial charge in [-0.2, -0.15) is 15.3 Å². The van der Waals surface area contributed by atoms with E-state index >= 15 is 0 Å². The number of hydrogen-bond donors (Lipinski definition) is 1. The number of aryl methyl sites for hydroxylation is 1. The molecule has 0 aliphatic rings. The van der Waals surface area contributed by atoms with E-state index in [0.717, 1.165) is 11.4 Å². The predicted molar refractivity (Wildman–Crippen MR) is 52.8 cm³/mol. The summed E-state index contributed by atoms with van der Waals surface area (Å²) in [6.45, 7) is 6.97. The second kappa shape index (κ2) is 4.30. The van der Waals surface area contributed by atoms with Gasteiger partial charge in [0.2, 0.25) is 0 Å². The molecule has 0 saturated carbocycles. The van der Waals surface area contributed by atoms with Crippen molar-refractivity contribution in [3.8, 4) is 0 Å². The van der Waals surface area contributed by atoms with Crippen LogP contribution in [0.3, 0.4) is 0 Å². The van der Waals surface area contributed by atoms with E-state index in [0.29, 0.717) is 5.82 Å². The maximum absolute atomic E-state index is 4.15. The van der Waals surface area contributed by atoms with Gasteiger partial charge in [0, 0.05) is 12.3 Å². The van der Waals surface area contributed by atoms with Crippen LogP contribution < -0.4 is 0 Å². The van der Waals surface area contributed by atoms with Crippen LogP contribution in [0.15, 0.2) is 16.3 Å². The van der Waals surface area contributed by atoms with E-state index in [1.807, 2.05) is 19.9 Å². The molecule has 0 spiro atoms. The van der Waals surface area contributed by atoms with E-state index < -0.39 is 0 Å². The first-order valence-electron chi connectivity index (χ1n) is 3.82. The summed E-state index contributed by atoms with van der Waals surface area (Å²) < 4.78 is 0. The van der Waals surface area contributed by atoms with Gasteiger partial charge < -0.3 is 0 Å². The minimum atomic E-state index is 0.618. The Labute approximate surface area is 76.3 Å². The van der Waals surface area contributed by atoms with Gasteiger partial charge >= 0.3 is 0 Å². The topological polar surface area (TPSA) is 66.3 Å². The molecule has 0 saturated heterocycles. The Balaban J connectivity index is 2.91. The zero-order valence-corrected chi connectivity index (χ0v) is 7.65. The van der Waals surface area contributed by atoms with Crippen molar-refractivity contribution < 1.29 is 0 Å². The van der Waals surface area contributed by atoms with Crippen LogP contribution in [0.25, 0.3) is 5.57 Å². The molecule has 0 amide bonds. The molecule has 1 aromatic heterocycles. The van der Waals surface area contributed by atoms with Crippen LogP contribution in [0.5, 0.6) is 0 Å². The third kappa shape index (κ3) is 2.33. The van der Waals surface area contributed by atoms with Gasteiger partial charge in [-0.1, -0.05) is 6.08 Å². The number of nitrogens with one attached hydrogen (secondary N) is 1. The number of rotatable bonds is 3. The maximum Gasteiger partial charge on any atom is 0.182 e. The Bertz CT molecular complexity index is 347. The number of aromatic nitrogens is 3. The largest absolute Gasteiger partial charge is 0.263 e. The van der Waals surface area contributed by atoms with Gasteiger partial charge in [0.25, 0.3) is 0 Å². The Hall–Kier alpha value is -1.78. The third-order valence-electron chi connectivity index (χ3n) is 1.44. The lowest BCUT2D eigenvalue weighted by Crippen LogP contribution is -1.88. The van der Waals surface area contributed by atoms with Crippen LogP contribution in [0.4, 0.5) is 0 Å². The minimum absolute atomic E-state index is 0.618. The fraction of sp³-hybridized carbons (Fsp3) is 0.250. The SMILES string of the molecule is C=N/N=C\C(=C/C)c1n[nH]c(C)n1. The van der Waals surface area contributed by atoms with Gasteiger partial charge in [-0.25, -0.2) is 4.98 Å². The van der Waals surface area contributed by atoms with Crippen molar-refractivity contribution in [1.29, 1.82) is 0 Å². The first-order chi connectivity index (χ1) is 6.27. The highest BCUT2D eigenvalue weighted by Crippen LogP contribution is 2.05. The molecule has 0 unspecified atom stereocenters. The van der Waals surface area contributed by atoms with Crippen molar-refractivity contribution in [3.63, 3.8) is 0 Å². The summed E-state index contributed by atoms with van der Waals surface area (Å²) in [6.07, 6.45) is 3.42. The van der Waals surface area contributed by atoms with Crippen LogP contribution in [0, 0.1) is 6.92 Å². The van der Waals surface area contributed by atoms with Gasteiger partial charge in [-0.05, 0) is 13.8 Å². The highest BCUT2D eigenvalue weighted by molar-refractivity contribution is 6.08. The lowest BCUT2D eigenvalue weighted by Gasteiger charge is -1.90. The fourth-order valence-electron chi connectivity index (χ4n) is 0.836. The molecule has 5 heteroatoms. The summed E-state index contributed by atoms with van der Waals surface area (Å²) in [4.78, 5) is 4.15. The molecule has 0 bridgehead atoms. The van der Waals surface area contributed by atoms with Gasteiger partial charge in [0.05, 0.1) is 6.21 Å². The van der Waals surface area contributed by atoms with Crippen LogP contribution >= 0.6 is 0 Å². The molecule has 0 radical (unpaired) electrons. The summed E-state index contributed by atoms with van der Waals surface area (Å²) in [5.74, 6) is 1.39. The number of nitrogens with zero attached hydrogens (tertiary/aromatic N) is 4. The van der Waals surface area contributed by atoms with Gasteiger partial charge in [0.15, 0.2) is 5.82 Å². The first-order valence-corrected chi connectivity index (χ1v) is 3.82. The third-order valence-corrected chi connectivity index (χ3v) is 1.44. The molecule has 0 aromatic carbocycles. The molecule has 5 nitrogen and oxygen atoms in total. The average Bonchev–Trinajstić information content (AvgIpc) is 2.54. The number of hydrogen-bond acceptors (Lipinski definition) is 4. The highest BCUT2D eigenvalue weighted by Gasteiger charge is 2.02. The lowest BCUT2D eigenvalue weighted by molar-refractivity contribution is 1.03. The number of H-pyrrole nitrogens is 1. The van der Waals surface area contributed by atoms with Crippen LogP contribution in [-0.2, 0) is 0 Å². The molecular weight excluding hydrogens is 166 g/mol. The van der Waals surface area contributed by atoms with Crippen molar-refractivity contribution >= 4 is 18.5 Å². The molecule has 68 valence electrons. The molecule has 0 aliphatic carbocycles. The van der Waals surface area contributed by atoms with Crippen LogP contribution in [0.1, 0.15) is 18.6 Å². The molecule has 0 aliphatic heterocycles. The van der Waals surface area contributed by atoms with E-state index in [4.69, 9.17) is 0 Å². The quantitative estimate of drug-likeness (QED) is 0.557. The Morgan fingerprint density at radius 3 is 2.85 bits per heavy atom. The van der Waals surface area contributed by atoms with Gasteiger partial charge in [-0.3, -0.25) is 5.10 Å². The zero-order chi connectivity index (χ0) is 9.68. The van der Waals surface area contributed by atoms with E-state index in [1.165, 1.54) is 0 Å². The number of aromatic amines is 1. The molecule has 13 heavy (non-hydrogen) atoms. The van der Waals surface area contributed by atoms with Crippen molar-refractivity contribution in [1.82, 2.24) is 15.2 Å². The molecule has 1 heterocycles. The van der Waals surface area contributed by atoms with E-state index in [2.05, 4.69) is 32.1 Å². The minimum Gasteiger partial charge on any atom is -0.263 e. The fourth-order valence-corrected chi connectivity index (χ4v) is 0.836. The number of allylic oxidation sites excluding steroid dienone is 2. The zero-order valence-electron chi connectivity index (χ0n) is 7.65. The second-order valence-corrected chi connectivity index (χ2v) is 2.37. The summed E-state index contributed by atoms with van der Waals surface area (Å²) in [5.41, 5.74) is 0.816. The Morgan fingerprint density at radius 2 is 2.38 bits per heavy atom. The van der Waals surface area contributed by atoms with Crippen LogP contribution in [0.2, 0.25) is 0 Å². The standard InChI is InChI=1S/C8H11N5/c1-4-7(5-10-9-3)8-11-6(2)12-13-8/h4-5H,3H2,1-2H3,(H,11,12,13)/b7-4+,10-5-. The van der Waals surface area contributed by atoms with Crippen molar-refractivity contribution in [2.24, 2.45) is 10.2 Å². The normalized spacial score (nSPS) is 12.3. The summed E-state index contributed by atoms with van der Waals surface area (Å²) in [6, 6.07) is 0. The molecular formula is C8H11N5. The summed E-state index contributed by atoms with van der Waals surface area (Å²) in [7, 11) is 0. The smallest absolute Gasteiger partial charge is 0.182 e.